The van der Waals surface area contributed by atoms with Crippen LogP contribution in [0, 0.1) is 5.82 Å². The third-order valence-corrected chi connectivity index (χ3v) is 7.35. The minimum absolute atomic E-state index is 0.0370. The number of halogens is 1. The number of rotatable bonds is 5. The summed E-state index contributed by atoms with van der Waals surface area (Å²) in [6, 6.07) is 21.0. The number of nitrogens with zero attached hydrogens (tertiary/aromatic N) is 3. The van der Waals surface area contributed by atoms with Gasteiger partial charge in [0.05, 0.1) is 21.7 Å². The van der Waals surface area contributed by atoms with E-state index in [4.69, 9.17) is 4.98 Å². The van der Waals surface area contributed by atoms with Crippen LogP contribution in [0.1, 0.15) is 0 Å². The average molecular weight is 502 g/mol. The van der Waals surface area contributed by atoms with Crippen LogP contribution in [0.5, 0.6) is 0 Å². The second-order valence-electron chi connectivity index (χ2n) is 7.70. The number of nitrogens with one attached hydrogen (secondary N) is 2. The van der Waals surface area contributed by atoms with Crippen LogP contribution < -0.4 is 10.9 Å². The summed E-state index contributed by atoms with van der Waals surface area (Å²) in [5.41, 5.74) is 1.94. The van der Waals surface area contributed by atoms with Crippen LogP contribution >= 0.6 is 23.1 Å². The van der Waals surface area contributed by atoms with E-state index in [2.05, 4.69) is 15.3 Å². The van der Waals surface area contributed by atoms with Crippen molar-refractivity contribution in [1.29, 1.82) is 0 Å². The molecular weight excluding hydrogens is 485 g/mol. The number of aromatic amines is 1. The number of amides is 1. The van der Waals surface area contributed by atoms with Gasteiger partial charge in [-0.05, 0) is 30.3 Å². The van der Waals surface area contributed by atoms with Gasteiger partial charge >= 0.3 is 0 Å². The van der Waals surface area contributed by atoms with Gasteiger partial charge in [-0.2, -0.15) is 0 Å². The monoisotopic (exact) mass is 501 g/mol. The van der Waals surface area contributed by atoms with Crippen molar-refractivity contribution in [3.8, 4) is 5.69 Å². The number of carbonyl (C=O) groups is 1. The molecule has 0 aliphatic rings. The molecule has 3 aromatic heterocycles. The highest BCUT2D eigenvalue weighted by Gasteiger charge is 2.20. The highest BCUT2D eigenvalue weighted by Crippen LogP contribution is 2.28. The Labute approximate surface area is 205 Å². The fourth-order valence-electron chi connectivity index (χ4n) is 3.90. The van der Waals surface area contributed by atoms with E-state index in [0.29, 0.717) is 10.6 Å². The third-order valence-electron chi connectivity index (χ3n) is 5.46. The lowest BCUT2D eigenvalue weighted by Crippen LogP contribution is -2.23. The Hall–Kier alpha value is -4.02. The molecule has 0 radical (unpaired) electrons. The number of H-pyrrole nitrogens is 1. The number of anilines is 1. The van der Waals surface area contributed by atoms with Gasteiger partial charge in [-0.15, -0.1) is 0 Å². The molecule has 2 N–H and O–H groups in total. The van der Waals surface area contributed by atoms with Crippen molar-refractivity contribution in [2.24, 2.45) is 0 Å². The molecule has 0 atom stereocenters. The van der Waals surface area contributed by atoms with Gasteiger partial charge in [0.25, 0.3) is 5.56 Å². The Morgan fingerprint density at radius 1 is 1.03 bits per heavy atom. The first-order valence-corrected chi connectivity index (χ1v) is 12.5. The van der Waals surface area contributed by atoms with Gasteiger partial charge in [-0.25, -0.2) is 14.4 Å². The van der Waals surface area contributed by atoms with Crippen LogP contribution in [0.3, 0.4) is 0 Å². The fourth-order valence-corrected chi connectivity index (χ4v) is 5.58. The standard InChI is InChI=1S/C25H16FN5O2S2/c26-15-8-2-5-11-18(15)31-23(33)22-21(14-7-1-3-9-16(14)27-22)30-25(31)34-13-20(32)29-24-28-17-10-4-6-12-19(17)35-24/h1-12,27H,13H2,(H,28,29,32). The molecule has 0 spiro atoms. The van der Waals surface area contributed by atoms with E-state index in [0.717, 1.165) is 32.9 Å². The van der Waals surface area contributed by atoms with Gasteiger partial charge in [-0.3, -0.25) is 14.2 Å². The second kappa shape index (κ2) is 8.64. The van der Waals surface area contributed by atoms with Crippen LogP contribution in [0.4, 0.5) is 9.52 Å². The summed E-state index contributed by atoms with van der Waals surface area (Å²) < 4.78 is 16.9. The number of carbonyl (C=O) groups excluding carboxylic acids is 1. The highest BCUT2D eigenvalue weighted by atomic mass is 32.2. The number of para-hydroxylation sites is 3. The second-order valence-corrected chi connectivity index (χ2v) is 9.68. The van der Waals surface area contributed by atoms with Crippen LogP contribution in [0.15, 0.2) is 82.7 Å². The molecule has 0 unspecified atom stereocenters. The van der Waals surface area contributed by atoms with Gasteiger partial charge in [0.15, 0.2) is 10.3 Å². The third kappa shape index (κ3) is 3.86. The normalized spacial score (nSPS) is 11.5. The Bertz CT molecular complexity index is 1770. The number of fused-ring (bicyclic) bond motifs is 4. The zero-order chi connectivity index (χ0) is 23.9. The van der Waals surface area contributed by atoms with E-state index in [9.17, 15) is 14.0 Å². The van der Waals surface area contributed by atoms with Crippen molar-refractivity contribution in [2.75, 3.05) is 11.1 Å². The summed E-state index contributed by atoms with van der Waals surface area (Å²) >= 11 is 2.44. The molecule has 0 saturated carbocycles. The predicted octanol–water partition coefficient (Wildman–Crippen LogP) is 5.35. The van der Waals surface area contributed by atoms with Gasteiger partial charge in [0.1, 0.15) is 16.9 Å². The topological polar surface area (TPSA) is 92.7 Å². The van der Waals surface area contributed by atoms with E-state index in [-0.39, 0.29) is 28.0 Å². The first kappa shape index (κ1) is 21.5. The van der Waals surface area contributed by atoms with E-state index < -0.39 is 11.4 Å². The summed E-state index contributed by atoms with van der Waals surface area (Å²) in [6.07, 6.45) is 0. The Kier molecular flexibility index (Phi) is 5.31. The number of thiazole rings is 1. The van der Waals surface area contributed by atoms with E-state index >= 15 is 0 Å². The lowest BCUT2D eigenvalue weighted by Gasteiger charge is -2.12. The summed E-state index contributed by atoms with van der Waals surface area (Å²) in [5.74, 6) is -0.903. The highest BCUT2D eigenvalue weighted by molar-refractivity contribution is 7.99. The number of aromatic nitrogens is 4. The molecule has 3 heterocycles. The molecule has 1 amide bonds. The number of benzene rings is 3. The Balaban J connectivity index is 1.39. The van der Waals surface area contributed by atoms with Crippen molar-refractivity contribution in [3.63, 3.8) is 0 Å². The summed E-state index contributed by atoms with van der Waals surface area (Å²) in [4.78, 5) is 38.4. The van der Waals surface area contributed by atoms with E-state index in [1.54, 1.807) is 12.1 Å². The van der Waals surface area contributed by atoms with E-state index in [1.165, 1.54) is 28.0 Å². The first-order valence-electron chi connectivity index (χ1n) is 10.6. The smallest absolute Gasteiger partial charge is 0.283 e. The molecule has 0 aliphatic carbocycles. The molecule has 6 rings (SSSR count). The maximum absolute atomic E-state index is 14.7. The molecule has 7 nitrogen and oxygen atoms in total. The van der Waals surface area contributed by atoms with Crippen LogP contribution in [-0.4, -0.2) is 31.2 Å². The summed E-state index contributed by atoms with van der Waals surface area (Å²) in [6.45, 7) is 0. The zero-order valence-corrected chi connectivity index (χ0v) is 19.6. The molecule has 6 aromatic rings. The quantitative estimate of drug-likeness (QED) is 0.246. The lowest BCUT2D eigenvalue weighted by atomic mass is 10.2. The van der Waals surface area contributed by atoms with Crippen LogP contribution in [0.25, 0.3) is 37.8 Å². The molecule has 3 aromatic carbocycles. The predicted molar refractivity (Wildman–Crippen MR) is 138 cm³/mol. The number of hydrogen-bond donors (Lipinski definition) is 2. The van der Waals surface area contributed by atoms with Gasteiger partial charge in [-0.1, -0.05) is 65.6 Å². The van der Waals surface area contributed by atoms with Crippen LogP contribution in [-0.2, 0) is 4.79 Å². The van der Waals surface area contributed by atoms with Gasteiger partial charge in [0, 0.05) is 10.9 Å². The number of thioether (sulfide) groups is 1. The Morgan fingerprint density at radius 2 is 1.80 bits per heavy atom. The average Bonchev–Trinajstić information content (AvgIpc) is 3.44. The van der Waals surface area contributed by atoms with Crippen molar-refractivity contribution >= 4 is 66.3 Å². The van der Waals surface area contributed by atoms with Gasteiger partial charge in [0.2, 0.25) is 5.91 Å². The lowest BCUT2D eigenvalue weighted by molar-refractivity contribution is -0.113. The summed E-state index contributed by atoms with van der Waals surface area (Å²) in [7, 11) is 0. The maximum Gasteiger partial charge on any atom is 0.283 e. The largest absolute Gasteiger partial charge is 0.349 e. The fraction of sp³-hybridized carbons (Fsp3) is 0.0400. The molecule has 172 valence electrons. The zero-order valence-electron chi connectivity index (χ0n) is 18.0. The molecule has 0 saturated heterocycles. The minimum atomic E-state index is -0.562. The Morgan fingerprint density at radius 3 is 2.66 bits per heavy atom. The van der Waals surface area contributed by atoms with Crippen molar-refractivity contribution < 1.29 is 9.18 Å². The van der Waals surface area contributed by atoms with E-state index in [1.807, 2.05) is 48.5 Å². The maximum atomic E-state index is 14.7. The molecule has 0 aliphatic heterocycles. The molecule has 0 fully saturated rings. The summed E-state index contributed by atoms with van der Waals surface area (Å²) in [5, 5.41) is 4.29. The van der Waals surface area contributed by atoms with Gasteiger partial charge < -0.3 is 10.3 Å². The van der Waals surface area contributed by atoms with Crippen molar-refractivity contribution in [2.45, 2.75) is 5.16 Å². The molecule has 35 heavy (non-hydrogen) atoms. The number of hydrogen-bond acceptors (Lipinski definition) is 6. The van der Waals surface area contributed by atoms with Crippen molar-refractivity contribution in [1.82, 2.24) is 19.5 Å². The van der Waals surface area contributed by atoms with Crippen molar-refractivity contribution in [3.05, 3.63) is 89.0 Å². The molecule has 0 bridgehead atoms. The first-order chi connectivity index (χ1) is 17.1. The molecular formula is C25H16FN5O2S2. The van der Waals surface area contributed by atoms with Crippen LogP contribution in [0.2, 0.25) is 0 Å². The SMILES string of the molecule is O=C(CSc1nc2c([nH]c3ccccc32)c(=O)n1-c1ccccc1F)Nc1nc2ccccc2s1. The minimum Gasteiger partial charge on any atom is -0.349 e. The molecule has 10 heteroatoms.